The average Bonchev–Trinajstić information content (AvgIpc) is 2.86. The highest BCUT2D eigenvalue weighted by molar-refractivity contribution is 6.04. The number of rotatable bonds is 3. The van der Waals surface area contributed by atoms with Crippen LogP contribution in [-0.2, 0) is 0 Å². The molecule has 0 unspecified atom stereocenters. The number of amides is 1. The second-order valence-corrected chi connectivity index (χ2v) is 3.22. The van der Waals surface area contributed by atoms with Crippen molar-refractivity contribution in [3.05, 3.63) is 29.3 Å². The van der Waals surface area contributed by atoms with Crippen LogP contribution in [0.4, 0.5) is 5.82 Å². The van der Waals surface area contributed by atoms with Gasteiger partial charge in [-0.3, -0.25) is 9.89 Å². The van der Waals surface area contributed by atoms with Crippen LogP contribution in [0.15, 0.2) is 16.8 Å². The van der Waals surface area contributed by atoms with Gasteiger partial charge in [0.15, 0.2) is 5.82 Å². The fourth-order valence-corrected chi connectivity index (χ4v) is 1.20. The molecule has 2 aromatic rings. The number of carboxylic acid groups (broad SMARTS) is 1. The van der Waals surface area contributed by atoms with Gasteiger partial charge in [-0.1, -0.05) is 5.16 Å². The molecule has 2 heterocycles. The Morgan fingerprint density at radius 3 is 2.82 bits per heavy atom. The van der Waals surface area contributed by atoms with Crippen LogP contribution in [0.1, 0.15) is 26.6 Å². The van der Waals surface area contributed by atoms with Crippen LogP contribution >= 0.6 is 0 Å². The minimum atomic E-state index is -1.15. The summed E-state index contributed by atoms with van der Waals surface area (Å²) in [6.07, 6.45) is 1.27. The summed E-state index contributed by atoms with van der Waals surface area (Å²) in [7, 11) is 0. The summed E-state index contributed by atoms with van der Waals surface area (Å²) in [6, 6.07) is 1.21. The van der Waals surface area contributed by atoms with Gasteiger partial charge in [0, 0.05) is 6.07 Å². The minimum absolute atomic E-state index is 0.109. The highest BCUT2D eigenvalue weighted by atomic mass is 16.5. The zero-order valence-electron chi connectivity index (χ0n) is 8.72. The topological polar surface area (TPSA) is 121 Å². The van der Waals surface area contributed by atoms with E-state index in [0.717, 1.165) is 0 Å². The lowest BCUT2D eigenvalue weighted by Gasteiger charge is -1.97. The smallest absolute Gasteiger partial charge is 0.353 e. The van der Waals surface area contributed by atoms with Crippen LogP contribution in [0.25, 0.3) is 0 Å². The summed E-state index contributed by atoms with van der Waals surface area (Å²) in [4.78, 5) is 22.2. The van der Waals surface area contributed by atoms with Gasteiger partial charge in [-0.15, -0.1) is 0 Å². The van der Waals surface area contributed by atoms with E-state index in [1.807, 2.05) is 0 Å². The van der Waals surface area contributed by atoms with E-state index in [-0.39, 0.29) is 17.1 Å². The molecular formula is C9H8N4O4. The van der Waals surface area contributed by atoms with Crippen molar-refractivity contribution in [3.63, 3.8) is 0 Å². The number of hydrogen-bond acceptors (Lipinski definition) is 5. The summed E-state index contributed by atoms with van der Waals surface area (Å²) >= 11 is 0. The molecule has 0 aromatic carbocycles. The summed E-state index contributed by atoms with van der Waals surface area (Å²) < 4.78 is 4.73. The predicted molar refractivity (Wildman–Crippen MR) is 54.7 cm³/mol. The Labute approximate surface area is 94.6 Å². The maximum atomic E-state index is 11.7. The van der Waals surface area contributed by atoms with Gasteiger partial charge in [0.1, 0.15) is 17.0 Å². The van der Waals surface area contributed by atoms with E-state index in [1.165, 1.54) is 12.3 Å². The number of carbonyl (C=O) groups excluding carboxylic acids is 1. The van der Waals surface area contributed by atoms with Crippen molar-refractivity contribution in [3.8, 4) is 0 Å². The minimum Gasteiger partial charge on any atom is -0.477 e. The Balaban J connectivity index is 2.13. The summed E-state index contributed by atoms with van der Waals surface area (Å²) in [5, 5.41) is 20.4. The SMILES string of the molecule is Cc1oncc1C(=O)Nc1cc(C(=O)O)[nH]n1. The normalized spacial score (nSPS) is 10.2. The summed E-state index contributed by atoms with van der Waals surface area (Å²) in [5.41, 5.74) is 0.159. The Morgan fingerprint density at radius 1 is 1.53 bits per heavy atom. The number of carbonyl (C=O) groups is 2. The average molecular weight is 236 g/mol. The fourth-order valence-electron chi connectivity index (χ4n) is 1.20. The maximum absolute atomic E-state index is 11.7. The van der Waals surface area contributed by atoms with Crippen LogP contribution in [0.5, 0.6) is 0 Å². The Bertz CT molecular complexity index is 571. The lowest BCUT2D eigenvalue weighted by molar-refractivity contribution is 0.0690. The van der Waals surface area contributed by atoms with Crippen molar-refractivity contribution in [1.82, 2.24) is 15.4 Å². The van der Waals surface area contributed by atoms with Crippen LogP contribution < -0.4 is 5.32 Å². The molecule has 2 rings (SSSR count). The maximum Gasteiger partial charge on any atom is 0.353 e. The van der Waals surface area contributed by atoms with Crippen molar-refractivity contribution in [2.75, 3.05) is 5.32 Å². The van der Waals surface area contributed by atoms with E-state index in [2.05, 4.69) is 20.7 Å². The Hall–Kier alpha value is -2.64. The second-order valence-electron chi connectivity index (χ2n) is 3.22. The Morgan fingerprint density at radius 2 is 2.29 bits per heavy atom. The van der Waals surface area contributed by atoms with E-state index in [4.69, 9.17) is 9.63 Å². The molecular weight excluding hydrogens is 228 g/mol. The molecule has 0 saturated carbocycles. The Kier molecular flexibility index (Phi) is 2.61. The van der Waals surface area contributed by atoms with Crippen LogP contribution in [0, 0.1) is 6.92 Å². The molecule has 88 valence electrons. The molecule has 3 N–H and O–H groups in total. The first-order chi connectivity index (χ1) is 8.08. The monoisotopic (exact) mass is 236 g/mol. The molecule has 0 bridgehead atoms. The molecule has 0 aliphatic carbocycles. The van der Waals surface area contributed by atoms with Crippen molar-refractivity contribution in [2.45, 2.75) is 6.92 Å². The van der Waals surface area contributed by atoms with Crippen molar-refractivity contribution >= 4 is 17.7 Å². The fraction of sp³-hybridized carbons (Fsp3) is 0.111. The van der Waals surface area contributed by atoms with Gasteiger partial charge in [-0.05, 0) is 6.92 Å². The first-order valence-electron chi connectivity index (χ1n) is 4.59. The summed E-state index contributed by atoms with van der Waals surface area (Å²) in [5.74, 6) is -1.13. The van der Waals surface area contributed by atoms with Gasteiger partial charge in [-0.25, -0.2) is 4.79 Å². The van der Waals surface area contributed by atoms with Gasteiger partial charge >= 0.3 is 5.97 Å². The van der Waals surface area contributed by atoms with E-state index in [0.29, 0.717) is 5.76 Å². The third-order valence-corrected chi connectivity index (χ3v) is 2.05. The molecule has 0 fully saturated rings. The standard InChI is InChI=1S/C9H8N4O4/c1-4-5(3-10-17-4)8(14)11-7-2-6(9(15)16)12-13-7/h2-3H,1H3,(H,15,16)(H2,11,12,13,14). The molecule has 0 radical (unpaired) electrons. The van der Waals surface area contributed by atoms with Crippen LogP contribution in [0.3, 0.4) is 0 Å². The highest BCUT2D eigenvalue weighted by Gasteiger charge is 2.15. The van der Waals surface area contributed by atoms with Crippen molar-refractivity contribution in [1.29, 1.82) is 0 Å². The van der Waals surface area contributed by atoms with Gasteiger partial charge in [0.2, 0.25) is 0 Å². The third-order valence-electron chi connectivity index (χ3n) is 2.05. The summed E-state index contributed by atoms with van der Waals surface area (Å²) in [6.45, 7) is 1.59. The van der Waals surface area contributed by atoms with Gasteiger partial charge in [-0.2, -0.15) is 5.10 Å². The second kappa shape index (κ2) is 4.08. The number of H-pyrrole nitrogens is 1. The first-order valence-corrected chi connectivity index (χ1v) is 4.59. The molecule has 0 spiro atoms. The lowest BCUT2D eigenvalue weighted by atomic mass is 10.2. The number of aromatic carboxylic acids is 1. The first kappa shape index (κ1) is 10.9. The largest absolute Gasteiger partial charge is 0.477 e. The lowest BCUT2D eigenvalue weighted by Crippen LogP contribution is -2.12. The van der Waals surface area contributed by atoms with E-state index in [9.17, 15) is 9.59 Å². The number of anilines is 1. The zero-order chi connectivity index (χ0) is 12.4. The zero-order valence-corrected chi connectivity index (χ0v) is 8.72. The molecule has 0 aliphatic heterocycles. The molecule has 0 aliphatic rings. The van der Waals surface area contributed by atoms with E-state index < -0.39 is 11.9 Å². The van der Waals surface area contributed by atoms with Crippen molar-refractivity contribution < 1.29 is 19.2 Å². The highest BCUT2D eigenvalue weighted by Crippen LogP contribution is 2.10. The molecule has 0 atom stereocenters. The number of nitrogens with one attached hydrogen (secondary N) is 2. The van der Waals surface area contributed by atoms with Gasteiger partial charge in [0.25, 0.3) is 5.91 Å². The number of hydrogen-bond donors (Lipinski definition) is 3. The predicted octanol–water partition coefficient (Wildman–Crippen LogP) is 0.657. The molecule has 8 nitrogen and oxygen atoms in total. The van der Waals surface area contributed by atoms with E-state index in [1.54, 1.807) is 6.92 Å². The van der Waals surface area contributed by atoms with E-state index >= 15 is 0 Å². The molecule has 1 amide bonds. The quantitative estimate of drug-likeness (QED) is 0.719. The number of aromatic nitrogens is 3. The third kappa shape index (κ3) is 2.14. The number of aryl methyl sites for hydroxylation is 1. The molecule has 17 heavy (non-hydrogen) atoms. The van der Waals surface area contributed by atoms with Crippen LogP contribution in [0.2, 0.25) is 0 Å². The number of aromatic amines is 1. The molecule has 0 saturated heterocycles. The van der Waals surface area contributed by atoms with Gasteiger partial charge < -0.3 is 14.9 Å². The molecule has 8 heteroatoms. The van der Waals surface area contributed by atoms with Crippen molar-refractivity contribution in [2.24, 2.45) is 0 Å². The number of carboxylic acids is 1. The van der Waals surface area contributed by atoms with Gasteiger partial charge in [0.05, 0.1) is 6.20 Å². The number of nitrogens with zero attached hydrogens (tertiary/aromatic N) is 2. The van der Waals surface area contributed by atoms with Crippen LogP contribution in [-0.4, -0.2) is 32.3 Å². The molecule has 2 aromatic heterocycles.